The van der Waals surface area contributed by atoms with E-state index in [1.807, 2.05) is 37.3 Å². The molecule has 0 atom stereocenters. The first-order valence-corrected chi connectivity index (χ1v) is 8.26. The van der Waals surface area contributed by atoms with E-state index < -0.39 is 0 Å². The highest BCUT2D eigenvalue weighted by atomic mass is 19.1. The van der Waals surface area contributed by atoms with Crippen molar-refractivity contribution in [1.29, 1.82) is 5.41 Å². The Morgan fingerprint density at radius 1 is 0.923 bits per heavy atom. The zero-order valence-electron chi connectivity index (χ0n) is 14.4. The van der Waals surface area contributed by atoms with E-state index in [2.05, 4.69) is 15.3 Å². The predicted octanol–water partition coefficient (Wildman–Crippen LogP) is 4.20. The van der Waals surface area contributed by atoms with E-state index in [4.69, 9.17) is 5.41 Å². The molecule has 4 nitrogen and oxygen atoms in total. The van der Waals surface area contributed by atoms with Crippen molar-refractivity contribution in [3.8, 4) is 0 Å². The summed E-state index contributed by atoms with van der Waals surface area (Å²) >= 11 is 0. The molecule has 130 valence electrons. The lowest BCUT2D eigenvalue weighted by molar-refractivity contribution is 0.605. The first-order chi connectivity index (χ1) is 12.7. The number of rotatable bonds is 6. The number of allylic oxidation sites excluding steroid dienone is 1. The number of halogens is 1. The van der Waals surface area contributed by atoms with Crippen LogP contribution in [0.3, 0.4) is 0 Å². The van der Waals surface area contributed by atoms with E-state index in [1.165, 1.54) is 6.07 Å². The number of nitrogens with zero attached hydrogens (tertiary/aromatic N) is 2. The summed E-state index contributed by atoms with van der Waals surface area (Å²) in [6, 6.07) is 17.6. The molecule has 0 spiro atoms. The topological polar surface area (TPSA) is 61.7 Å². The third-order valence-electron chi connectivity index (χ3n) is 4.01. The monoisotopic (exact) mass is 346 g/mol. The van der Waals surface area contributed by atoms with Crippen LogP contribution < -0.4 is 5.32 Å². The van der Waals surface area contributed by atoms with Crippen molar-refractivity contribution in [2.45, 2.75) is 13.5 Å². The van der Waals surface area contributed by atoms with Crippen LogP contribution in [0, 0.1) is 11.2 Å². The Labute approximate surface area is 152 Å². The van der Waals surface area contributed by atoms with Gasteiger partial charge in [0.15, 0.2) is 0 Å². The zero-order valence-corrected chi connectivity index (χ0v) is 14.4. The van der Waals surface area contributed by atoms with Crippen LogP contribution in [0.2, 0.25) is 0 Å². The van der Waals surface area contributed by atoms with Crippen LogP contribution in [0.4, 0.5) is 4.39 Å². The van der Waals surface area contributed by atoms with Gasteiger partial charge in [0.1, 0.15) is 5.82 Å². The fourth-order valence-electron chi connectivity index (χ4n) is 2.58. The molecule has 2 N–H and O–H groups in total. The maximum absolute atomic E-state index is 13.9. The van der Waals surface area contributed by atoms with E-state index in [1.54, 1.807) is 36.7 Å². The van der Waals surface area contributed by atoms with Gasteiger partial charge in [-0.05, 0) is 37.3 Å². The fraction of sp³-hybridized carbons (Fsp3) is 0.0952. The first kappa shape index (κ1) is 17.5. The predicted molar refractivity (Wildman–Crippen MR) is 101 cm³/mol. The SMILES string of the molecule is C/C(C(=N)c1ccccn1)=C(/NCc1ccccc1F)c1ccccn1. The highest BCUT2D eigenvalue weighted by Gasteiger charge is 2.14. The Hall–Kier alpha value is -3.34. The van der Waals surface area contributed by atoms with Gasteiger partial charge in [0.05, 0.1) is 22.8 Å². The molecule has 5 heteroatoms. The summed E-state index contributed by atoms with van der Waals surface area (Å²) in [5, 5.41) is 11.7. The van der Waals surface area contributed by atoms with Gasteiger partial charge in [0.2, 0.25) is 0 Å². The quantitative estimate of drug-likeness (QED) is 0.658. The largest absolute Gasteiger partial charge is 0.379 e. The van der Waals surface area contributed by atoms with Gasteiger partial charge in [-0.15, -0.1) is 0 Å². The Balaban J connectivity index is 1.95. The lowest BCUT2D eigenvalue weighted by Crippen LogP contribution is -2.18. The highest BCUT2D eigenvalue weighted by molar-refractivity contribution is 6.12. The van der Waals surface area contributed by atoms with Crippen molar-refractivity contribution in [1.82, 2.24) is 15.3 Å². The molecule has 3 rings (SSSR count). The molecule has 26 heavy (non-hydrogen) atoms. The standard InChI is InChI=1S/C21H19FN4/c1-15(20(23)18-10-4-6-12-24-18)21(19-11-5-7-13-25-19)26-14-16-8-2-3-9-17(16)22/h2-13,23,26H,14H2,1H3/b21-15-,23-20?. The lowest BCUT2D eigenvalue weighted by atomic mass is 10.0. The molecule has 0 saturated carbocycles. The molecule has 0 amide bonds. The number of hydrogen-bond acceptors (Lipinski definition) is 4. The van der Waals surface area contributed by atoms with E-state index in [0.717, 1.165) is 0 Å². The van der Waals surface area contributed by atoms with E-state index in [-0.39, 0.29) is 5.82 Å². The maximum Gasteiger partial charge on any atom is 0.128 e. The van der Waals surface area contributed by atoms with Crippen molar-refractivity contribution >= 4 is 11.4 Å². The number of hydrogen-bond donors (Lipinski definition) is 2. The molecule has 3 aromatic rings. The first-order valence-electron chi connectivity index (χ1n) is 8.26. The second kappa shape index (κ2) is 8.16. The van der Waals surface area contributed by atoms with Crippen LogP contribution in [0.15, 0.2) is 78.6 Å². The molecule has 0 aliphatic rings. The molecule has 0 aliphatic heterocycles. The molecular weight excluding hydrogens is 327 g/mol. The molecular formula is C21H19FN4. The fourth-order valence-corrected chi connectivity index (χ4v) is 2.58. The summed E-state index contributed by atoms with van der Waals surface area (Å²) in [7, 11) is 0. The Morgan fingerprint density at radius 3 is 2.15 bits per heavy atom. The summed E-state index contributed by atoms with van der Waals surface area (Å²) in [6.45, 7) is 2.14. The van der Waals surface area contributed by atoms with Crippen molar-refractivity contribution in [2.24, 2.45) is 0 Å². The van der Waals surface area contributed by atoms with Crippen LogP contribution in [0.5, 0.6) is 0 Å². The molecule has 0 radical (unpaired) electrons. The molecule has 0 bridgehead atoms. The normalized spacial score (nSPS) is 11.6. The lowest BCUT2D eigenvalue weighted by Gasteiger charge is -2.15. The molecule has 0 aliphatic carbocycles. The third kappa shape index (κ3) is 4.00. The molecule has 2 aromatic heterocycles. The Kier molecular flexibility index (Phi) is 5.49. The zero-order chi connectivity index (χ0) is 18.4. The highest BCUT2D eigenvalue weighted by Crippen LogP contribution is 2.18. The van der Waals surface area contributed by atoms with Gasteiger partial charge in [-0.1, -0.05) is 30.3 Å². The van der Waals surface area contributed by atoms with Crippen LogP contribution >= 0.6 is 0 Å². The second-order valence-corrected chi connectivity index (χ2v) is 5.75. The maximum atomic E-state index is 13.9. The minimum Gasteiger partial charge on any atom is -0.379 e. The Morgan fingerprint density at radius 2 is 1.54 bits per heavy atom. The van der Waals surface area contributed by atoms with Gasteiger partial charge in [-0.3, -0.25) is 15.4 Å². The van der Waals surface area contributed by atoms with Gasteiger partial charge in [-0.2, -0.15) is 0 Å². The molecule has 0 fully saturated rings. The van der Waals surface area contributed by atoms with Crippen LogP contribution in [0.25, 0.3) is 5.70 Å². The van der Waals surface area contributed by atoms with Crippen LogP contribution in [0.1, 0.15) is 23.9 Å². The molecule has 1 aromatic carbocycles. The molecule has 0 saturated heterocycles. The number of benzene rings is 1. The van der Waals surface area contributed by atoms with Gasteiger partial charge in [0.25, 0.3) is 0 Å². The Bertz CT molecular complexity index is 921. The third-order valence-corrected chi connectivity index (χ3v) is 4.01. The summed E-state index contributed by atoms with van der Waals surface area (Å²) in [5.41, 5.74) is 3.50. The van der Waals surface area contributed by atoms with E-state index >= 15 is 0 Å². The van der Waals surface area contributed by atoms with Crippen LogP contribution in [-0.2, 0) is 6.54 Å². The molecule has 2 heterocycles. The van der Waals surface area contributed by atoms with E-state index in [0.29, 0.717) is 40.5 Å². The number of pyridine rings is 2. The van der Waals surface area contributed by atoms with Gasteiger partial charge in [0, 0.05) is 30.1 Å². The van der Waals surface area contributed by atoms with Crippen molar-refractivity contribution in [2.75, 3.05) is 0 Å². The van der Waals surface area contributed by atoms with E-state index in [9.17, 15) is 4.39 Å². The average molecular weight is 346 g/mol. The average Bonchev–Trinajstić information content (AvgIpc) is 2.70. The van der Waals surface area contributed by atoms with Gasteiger partial charge in [-0.25, -0.2) is 4.39 Å². The summed E-state index contributed by atoms with van der Waals surface area (Å²) in [6.07, 6.45) is 3.35. The smallest absolute Gasteiger partial charge is 0.128 e. The van der Waals surface area contributed by atoms with Crippen molar-refractivity contribution in [3.05, 3.63) is 101 Å². The van der Waals surface area contributed by atoms with Crippen LogP contribution in [-0.4, -0.2) is 15.7 Å². The van der Waals surface area contributed by atoms with Crippen molar-refractivity contribution < 1.29 is 4.39 Å². The summed E-state index contributed by atoms with van der Waals surface area (Å²) in [5.74, 6) is -0.266. The van der Waals surface area contributed by atoms with Gasteiger partial charge >= 0.3 is 0 Å². The summed E-state index contributed by atoms with van der Waals surface area (Å²) < 4.78 is 13.9. The minimum absolute atomic E-state index is 0.266. The second-order valence-electron chi connectivity index (χ2n) is 5.75. The minimum atomic E-state index is -0.266. The summed E-state index contributed by atoms with van der Waals surface area (Å²) in [4.78, 5) is 8.62. The number of nitrogens with one attached hydrogen (secondary N) is 2. The van der Waals surface area contributed by atoms with Gasteiger partial charge < -0.3 is 5.32 Å². The number of aromatic nitrogens is 2. The van der Waals surface area contributed by atoms with Crippen molar-refractivity contribution in [3.63, 3.8) is 0 Å². The molecule has 0 unspecified atom stereocenters.